The van der Waals surface area contributed by atoms with Gasteiger partial charge < -0.3 is 36.6 Å². The minimum Gasteiger partial charge on any atom is -0.494 e. The van der Waals surface area contributed by atoms with Crippen molar-refractivity contribution >= 4 is 46.1 Å². The molecule has 2 heterocycles. The molecule has 42 heavy (non-hydrogen) atoms. The van der Waals surface area contributed by atoms with Gasteiger partial charge in [-0.15, -0.1) is 0 Å². The first kappa shape index (κ1) is 29.7. The number of carbonyl (C=O) groups excluding carboxylic acids is 3. The average Bonchev–Trinajstić information content (AvgIpc) is 3.49. The summed E-state index contributed by atoms with van der Waals surface area (Å²) in [7, 11) is 3.23. The first-order valence-corrected chi connectivity index (χ1v) is 13.3. The van der Waals surface area contributed by atoms with Gasteiger partial charge in [0.05, 0.1) is 30.6 Å². The number of benzene rings is 2. The third kappa shape index (κ3) is 6.22. The Bertz CT molecular complexity index is 1660. The molecule has 14 nitrogen and oxygen atoms in total. The molecule has 0 aliphatic rings. The van der Waals surface area contributed by atoms with Crippen molar-refractivity contribution in [2.75, 3.05) is 36.6 Å². The molecule has 0 atom stereocenters. The number of primary amides is 2. The van der Waals surface area contributed by atoms with E-state index in [-0.39, 0.29) is 23.0 Å². The average molecular weight is 578 g/mol. The molecule has 2 aromatic carbocycles. The molecule has 4 aromatic rings. The molecule has 0 saturated carbocycles. The molecule has 0 aliphatic heterocycles. The van der Waals surface area contributed by atoms with Crippen LogP contribution in [0.15, 0.2) is 30.3 Å². The number of aryl methyl sites for hydroxylation is 3. The summed E-state index contributed by atoms with van der Waals surface area (Å²) < 4.78 is 14.7. The quantitative estimate of drug-likeness (QED) is 0.117. The number of aromatic nitrogens is 4. The van der Waals surface area contributed by atoms with E-state index < -0.39 is 11.8 Å². The number of anilines is 3. The lowest BCUT2D eigenvalue weighted by Gasteiger charge is -2.15. The predicted molar refractivity (Wildman–Crippen MR) is 159 cm³/mol. The van der Waals surface area contributed by atoms with E-state index in [2.05, 4.69) is 20.7 Å². The van der Waals surface area contributed by atoms with E-state index in [1.807, 2.05) is 13.8 Å². The fourth-order valence-corrected chi connectivity index (χ4v) is 4.56. The number of ether oxygens (including phenoxy) is 2. The van der Waals surface area contributed by atoms with Crippen LogP contribution in [0, 0.1) is 6.92 Å². The molecule has 14 heteroatoms. The van der Waals surface area contributed by atoms with Crippen LogP contribution in [0.3, 0.4) is 0 Å². The van der Waals surface area contributed by atoms with Gasteiger partial charge in [0.1, 0.15) is 28.4 Å². The van der Waals surface area contributed by atoms with E-state index in [4.69, 9.17) is 26.7 Å². The van der Waals surface area contributed by atoms with Crippen LogP contribution in [0.1, 0.15) is 56.7 Å². The predicted octanol–water partition coefficient (Wildman–Crippen LogP) is 2.41. The van der Waals surface area contributed by atoms with E-state index in [0.717, 1.165) is 5.69 Å². The van der Waals surface area contributed by atoms with Gasteiger partial charge in [-0.25, -0.2) is 4.98 Å². The van der Waals surface area contributed by atoms with Gasteiger partial charge in [0, 0.05) is 31.3 Å². The molecule has 2 aromatic heterocycles. The topological polar surface area (TPSA) is 207 Å². The minimum absolute atomic E-state index is 0.233. The maximum absolute atomic E-state index is 13.0. The highest BCUT2D eigenvalue weighted by Gasteiger charge is 2.20. The monoisotopic (exact) mass is 577 g/mol. The number of nitrogens with one attached hydrogen (secondary N) is 2. The number of nitrogen functional groups attached to an aromatic ring is 1. The lowest BCUT2D eigenvalue weighted by Crippen LogP contribution is -2.19. The van der Waals surface area contributed by atoms with Gasteiger partial charge in [-0.05, 0) is 57.0 Å². The van der Waals surface area contributed by atoms with Crippen LogP contribution in [0.25, 0.3) is 11.0 Å². The lowest BCUT2D eigenvalue weighted by atomic mass is 10.1. The first-order valence-electron chi connectivity index (χ1n) is 13.3. The van der Waals surface area contributed by atoms with Crippen LogP contribution in [-0.2, 0) is 13.6 Å². The summed E-state index contributed by atoms with van der Waals surface area (Å²) in [5, 5.41) is 10.4. The summed E-state index contributed by atoms with van der Waals surface area (Å²) in [5.74, 6) is -0.478. The van der Waals surface area contributed by atoms with E-state index in [1.165, 1.54) is 19.2 Å². The third-order valence-electron chi connectivity index (χ3n) is 6.65. The van der Waals surface area contributed by atoms with Crippen molar-refractivity contribution in [3.05, 3.63) is 52.8 Å². The van der Waals surface area contributed by atoms with Gasteiger partial charge in [0.15, 0.2) is 0 Å². The summed E-state index contributed by atoms with van der Waals surface area (Å²) in [6.07, 6.45) is 1.36. The third-order valence-corrected chi connectivity index (χ3v) is 6.65. The second kappa shape index (κ2) is 12.5. The lowest BCUT2D eigenvalue weighted by molar-refractivity contribution is 0.0991. The van der Waals surface area contributed by atoms with Gasteiger partial charge in [-0.2, -0.15) is 5.10 Å². The summed E-state index contributed by atoms with van der Waals surface area (Å²) in [4.78, 5) is 41.0. The highest BCUT2D eigenvalue weighted by molar-refractivity contribution is 6.04. The molecule has 0 radical (unpaired) electrons. The maximum atomic E-state index is 13.0. The zero-order chi connectivity index (χ0) is 30.6. The van der Waals surface area contributed by atoms with Gasteiger partial charge in [0.25, 0.3) is 5.91 Å². The molecular weight excluding hydrogens is 542 g/mol. The Morgan fingerprint density at radius 2 is 1.69 bits per heavy atom. The van der Waals surface area contributed by atoms with Crippen molar-refractivity contribution in [2.24, 2.45) is 18.5 Å². The minimum atomic E-state index is -0.626. The van der Waals surface area contributed by atoms with Crippen LogP contribution in [0.2, 0.25) is 0 Å². The van der Waals surface area contributed by atoms with Crippen LogP contribution >= 0.6 is 0 Å². The Labute approximate surface area is 242 Å². The smallest absolute Gasteiger partial charge is 0.276 e. The number of hydrogen-bond acceptors (Lipinski definition) is 9. The SMILES string of the molecule is CCn1nc(C)cc1C(=O)Nc1nc2cc(C(N)=O)cc(OCCCCNc3c(N)cc(C(N)=O)cc3OC)c2n1C. The van der Waals surface area contributed by atoms with Crippen molar-refractivity contribution in [3.8, 4) is 11.5 Å². The molecule has 0 spiro atoms. The van der Waals surface area contributed by atoms with Gasteiger partial charge in [-0.1, -0.05) is 0 Å². The van der Waals surface area contributed by atoms with Crippen molar-refractivity contribution in [2.45, 2.75) is 33.2 Å². The molecule has 8 N–H and O–H groups in total. The fraction of sp³-hybridized carbons (Fsp3) is 0.321. The number of amides is 3. The number of nitrogens with zero attached hydrogens (tertiary/aromatic N) is 4. The summed E-state index contributed by atoms with van der Waals surface area (Å²) in [5.41, 5.74) is 20.6. The van der Waals surface area contributed by atoms with Crippen molar-refractivity contribution in [1.29, 1.82) is 0 Å². The number of carbonyl (C=O) groups is 3. The van der Waals surface area contributed by atoms with Gasteiger partial charge in [-0.3, -0.25) is 24.4 Å². The summed E-state index contributed by atoms with van der Waals surface area (Å²) >= 11 is 0. The number of rotatable bonds is 13. The fourth-order valence-electron chi connectivity index (χ4n) is 4.56. The second-order valence-corrected chi connectivity index (χ2v) is 9.63. The van der Waals surface area contributed by atoms with E-state index in [1.54, 1.807) is 34.5 Å². The summed E-state index contributed by atoms with van der Waals surface area (Å²) in [6.45, 7) is 5.13. The molecule has 4 rings (SSSR count). The number of fused-ring (bicyclic) bond motifs is 1. The van der Waals surface area contributed by atoms with Crippen molar-refractivity contribution in [1.82, 2.24) is 19.3 Å². The molecule has 222 valence electrons. The van der Waals surface area contributed by atoms with E-state index in [0.29, 0.717) is 72.1 Å². The van der Waals surface area contributed by atoms with Gasteiger partial charge in [0.2, 0.25) is 17.8 Å². The van der Waals surface area contributed by atoms with Crippen LogP contribution in [-0.4, -0.2) is 57.3 Å². The number of hydrogen-bond donors (Lipinski definition) is 5. The van der Waals surface area contributed by atoms with E-state index in [9.17, 15) is 14.4 Å². The highest BCUT2D eigenvalue weighted by atomic mass is 16.5. The molecule has 0 saturated heterocycles. The number of unbranched alkanes of at least 4 members (excludes halogenated alkanes) is 1. The molecule has 0 aliphatic carbocycles. The standard InChI is InChI=1S/C28H35N9O5/c1-5-37-20(10-15(2)35-37)27(40)34-28-33-19-12-17(26(31)39)14-22(24(19)36(28)3)42-9-7-6-8-32-23-18(29)11-16(25(30)38)13-21(23)41-4/h10-14,32H,5-9,29H2,1-4H3,(H2,30,38)(H2,31,39)(H,33,34,40). The van der Waals surface area contributed by atoms with Crippen molar-refractivity contribution < 1.29 is 23.9 Å². The Balaban J connectivity index is 1.45. The molecular formula is C28H35N9O5. The largest absolute Gasteiger partial charge is 0.494 e. The molecule has 0 fully saturated rings. The first-order chi connectivity index (χ1) is 20.0. The van der Waals surface area contributed by atoms with Crippen LogP contribution < -0.4 is 37.3 Å². The Hall–Kier alpha value is -5.27. The summed E-state index contributed by atoms with van der Waals surface area (Å²) in [6, 6.07) is 7.86. The van der Waals surface area contributed by atoms with Gasteiger partial charge >= 0.3 is 0 Å². The van der Waals surface area contributed by atoms with Crippen LogP contribution in [0.5, 0.6) is 11.5 Å². The van der Waals surface area contributed by atoms with Crippen LogP contribution in [0.4, 0.5) is 17.3 Å². The number of nitrogens with two attached hydrogens (primary N) is 3. The number of imidazole rings is 1. The zero-order valence-electron chi connectivity index (χ0n) is 24.0. The molecule has 0 bridgehead atoms. The second-order valence-electron chi connectivity index (χ2n) is 9.63. The normalized spacial score (nSPS) is 11.0. The highest BCUT2D eigenvalue weighted by Crippen LogP contribution is 2.33. The number of methoxy groups -OCH3 is 1. The Morgan fingerprint density at radius 3 is 2.36 bits per heavy atom. The molecule has 0 unspecified atom stereocenters. The molecule has 3 amide bonds. The Kier molecular flexibility index (Phi) is 8.84. The van der Waals surface area contributed by atoms with Crippen molar-refractivity contribution in [3.63, 3.8) is 0 Å². The Morgan fingerprint density at radius 1 is 1.00 bits per heavy atom. The van der Waals surface area contributed by atoms with E-state index >= 15 is 0 Å². The zero-order valence-corrected chi connectivity index (χ0v) is 24.0. The maximum Gasteiger partial charge on any atom is 0.276 e.